The second-order valence-electron chi connectivity index (χ2n) is 4.37. The van der Waals surface area contributed by atoms with Crippen LogP contribution in [-0.4, -0.2) is 42.2 Å². The number of aromatic nitrogens is 1. The number of alkyl halides is 3. The van der Waals surface area contributed by atoms with Crippen molar-refractivity contribution in [3.63, 3.8) is 0 Å². The summed E-state index contributed by atoms with van der Waals surface area (Å²) in [6, 6.07) is 3.81. The Bertz CT molecular complexity index is 340. The summed E-state index contributed by atoms with van der Waals surface area (Å²) in [6.07, 6.45) is -0.703. The van der Waals surface area contributed by atoms with Crippen LogP contribution in [0.5, 0.6) is 0 Å². The van der Waals surface area contributed by atoms with Crippen LogP contribution in [0.3, 0.4) is 0 Å². The molecular weight excluding hydrogens is 243 g/mol. The smallest absolute Gasteiger partial charge is 0.307 e. The lowest BCUT2D eigenvalue weighted by molar-refractivity contribution is -0.125. The van der Waals surface area contributed by atoms with Gasteiger partial charge in [0.15, 0.2) is 0 Å². The molecule has 1 rings (SSSR count). The fourth-order valence-electron chi connectivity index (χ4n) is 1.51. The summed E-state index contributed by atoms with van der Waals surface area (Å²) in [4.78, 5) is 5.99. The molecule has 0 aliphatic heterocycles. The van der Waals surface area contributed by atoms with Crippen molar-refractivity contribution >= 4 is 0 Å². The van der Waals surface area contributed by atoms with Gasteiger partial charge in [0.2, 0.25) is 0 Å². The van der Waals surface area contributed by atoms with Crippen molar-refractivity contribution in [2.24, 2.45) is 0 Å². The van der Waals surface area contributed by atoms with Crippen molar-refractivity contribution < 1.29 is 13.2 Å². The van der Waals surface area contributed by atoms with Gasteiger partial charge in [-0.3, -0.25) is 9.88 Å². The summed E-state index contributed by atoms with van der Waals surface area (Å²) in [5, 5.41) is 2.41. The minimum Gasteiger partial charge on any atom is -0.307 e. The molecule has 0 amide bonds. The van der Waals surface area contributed by atoms with Crippen molar-refractivity contribution in [2.75, 3.05) is 20.1 Å². The molecule has 0 saturated carbocycles. The van der Waals surface area contributed by atoms with Gasteiger partial charge in [-0.1, -0.05) is 6.07 Å². The molecule has 0 aliphatic carbocycles. The topological polar surface area (TPSA) is 28.2 Å². The van der Waals surface area contributed by atoms with E-state index in [4.69, 9.17) is 0 Å². The number of pyridine rings is 1. The first kappa shape index (κ1) is 14.9. The average molecular weight is 261 g/mol. The Morgan fingerprint density at radius 1 is 1.44 bits per heavy atom. The Labute approximate surface area is 105 Å². The van der Waals surface area contributed by atoms with Gasteiger partial charge in [0.25, 0.3) is 0 Å². The van der Waals surface area contributed by atoms with Crippen LogP contribution < -0.4 is 5.32 Å². The predicted octanol–water partition coefficient (Wildman–Crippen LogP) is 2.05. The third-order valence-corrected chi connectivity index (χ3v) is 2.67. The summed E-state index contributed by atoms with van der Waals surface area (Å²) in [5.74, 6) is 0. The second-order valence-corrected chi connectivity index (χ2v) is 4.37. The lowest BCUT2D eigenvalue weighted by Crippen LogP contribution is -2.40. The van der Waals surface area contributed by atoms with Crippen LogP contribution in [0, 0.1) is 0 Å². The minimum atomic E-state index is -4.15. The van der Waals surface area contributed by atoms with E-state index in [1.54, 1.807) is 12.4 Å². The van der Waals surface area contributed by atoms with Crippen LogP contribution in [0.2, 0.25) is 0 Å². The maximum Gasteiger partial charge on any atom is 0.401 e. The molecule has 102 valence electrons. The summed E-state index contributed by atoms with van der Waals surface area (Å²) in [6.45, 7) is 1.91. The summed E-state index contributed by atoms with van der Waals surface area (Å²) >= 11 is 0. The highest BCUT2D eigenvalue weighted by Crippen LogP contribution is 2.12. The molecule has 1 heterocycles. The maximum absolute atomic E-state index is 12.0. The van der Waals surface area contributed by atoms with E-state index in [1.807, 2.05) is 31.0 Å². The van der Waals surface area contributed by atoms with E-state index in [-0.39, 0.29) is 6.04 Å². The molecule has 6 heteroatoms. The zero-order valence-corrected chi connectivity index (χ0v) is 10.5. The molecule has 0 spiro atoms. The summed E-state index contributed by atoms with van der Waals surface area (Å²) in [7, 11) is 1.88. The number of nitrogens with zero attached hydrogens (tertiary/aromatic N) is 2. The van der Waals surface area contributed by atoms with Crippen molar-refractivity contribution in [1.82, 2.24) is 15.2 Å². The molecule has 0 radical (unpaired) electrons. The molecule has 1 atom stereocenters. The van der Waals surface area contributed by atoms with Crippen LogP contribution in [0.1, 0.15) is 12.5 Å². The van der Waals surface area contributed by atoms with Gasteiger partial charge in [-0.2, -0.15) is 13.2 Å². The third kappa shape index (κ3) is 5.97. The fourth-order valence-corrected chi connectivity index (χ4v) is 1.51. The van der Waals surface area contributed by atoms with E-state index in [9.17, 15) is 13.2 Å². The Hall–Kier alpha value is -1.14. The molecule has 0 aromatic carbocycles. The minimum absolute atomic E-state index is 0.0209. The van der Waals surface area contributed by atoms with E-state index < -0.39 is 12.7 Å². The summed E-state index contributed by atoms with van der Waals surface area (Å²) < 4.78 is 35.9. The molecule has 0 fully saturated rings. The van der Waals surface area contributed by atoms with Gasteiger partial charge in [0, 0.05) is 31.5 Å². The summed E-state index contributed by atoms with van der Waals surface area (Å²) in [5.41, 5.74) is 1.04. The Morgan fingerprint density at radius 3 is 2.72 bits per heavy atom. The van der Waals surface area contributed by atoms with Gasteiger partial charge in [-0.15, -0.1) is 0 Å². The molecule has 0 bridgehead atoms. The number of halogens is 3. The van der Waals surface area contributed by atoms with Crippen molar-refractivity contribution in [2.45, 2.75) is 25.7 Å². The molecule has 0 saturated heterocycles. The van der Waals surface area contributed by atoms with Gasteiger partial charge in [0.05, 0.1) is 6.54 Å². The molecule has 1 unspecified atom stereocenters. The molecule has 18 heavy (non-hydrogen) atoms. The third-order valence-electron chi connectivity index (χ3n) is 2.67. The molecule has 0 aliphatic rings. The fraction of sp³-hybridized carbons (Fsp3) is 0.583. The maximum atomic E-state index is 12.0. The van der Waals surface area contributed by atoms with E-state index in [0.29, 0.717) is 13.1 Å². The van der Waals surface area contributed by atoms with Crippen molar-refractivity contribution in [3.05, 3.63) is 30.1 Å². The first-order chi connectivity index (χ1) is 8.38. The van der Waals surface area contributed by atoms with Gasteiger partial charge < -0.3 is 5.32 Å². The zero-order chi connectivity index (χ0) is 13.6. The normalized spacial score (nSPS) is 13.9. The quantitative estimate of drug-likeness (QED) is 0.849. The average Bonchev–Trinajstić information content (AvgIpc) is 2.28. The van der Waals surface area contributed by atoms with E-state index >= 15 is 0 Å². The van der Waals surface area contributed by atoms with Crippen LogP contribution in [0.15, 0.2) is 24.5 Å². The molecular formula is C12H18F3N3. The highest BCUT2D eigenvalue weighted by molar-refractivity contribution is 5.08. The lowest BCUT2D eigenvalue weighted by atomic mass is 10.2. The number of likely N-dealkylation sites (N-methyl/N-ethyl adjacent to an activating group) is 1. The molecule has 3 nitrogen and oxygen atoms in total. The Kier molecular flexibility index (Phi) is 5.55. The van der Waals surface area contributed by atoms with Gasteiger partial charge in [0.1, 0.15) is 0 Å². The van der Waals surface area contributed by atoms with Gasteiger partial charge in [-0.05, 0) is 25.6 Å². The first-order valence-corrected chi connectivity index (χ1v) is 5.75. The van der Waals surface area contributed by atoms with Crippen LogP contribution in [0.25, 0.3) is 0 Å². The Balaban J connectivity index is 2.31. The van der Waals surface area contributed by atoms with Crippen LogP contribution in [0.4, 0.5) is 13.2 Å². The highest BCUT2D eigenvalue weighted by atomic mass is 19.4. The molecule has 1 aromatic heterocycles. The standard InChI is InChI=1S/C12H18F3N3/c1-10(6-17-9-12(13,14)15)18(2)8-11-4-3-5-16-7-11/h3-5,7,10,17H,6,8-9H2,1-2H3. The number of rotatable bonds is 6. The predicted molar refractivity (Wildman–Crippen MR) is 64.1 cm³/mol. The van der Waals surface area contributed by atoms with Gasteiger partial charge >= 0.3 is 6.18 Å². The van der Waals surface area contributed by atoms with Crippen molar-refractivity contribution in [3.8, 4) is 0 Å². The van der Waals surface area contributed by atoms with E-state index in [2.05, 4.69) is 10.3 Å². The van der Waals surface area contributed by atoms with Gasteiger partial charge in [-0.25, -0.2) is 0 Å². The first-order valence-electron chi connectivity index (χ1n) is 5.75. The monoisotopic (exact) mass is 261 g/mol. The highest BCUT2D eigenvalue weighted by Gasteiger charge is 2.26. The SMILES string of the molecule is CC(CNCC(F)(F)F)N(C)Cc1cccnc1. The largest absolute Gasteiger partial charge is 0.401 e. The Morgan fingerprint density at radius 2 is 2.17 bits per heavy atom. The number of nitrogens with one attached hydrogen (secondary N) is 1. The van der Waals surface area contributed by atoms with Crippen molar-refractivity contribution in [1.29, 1.82) is 0 Å². The zero-order valence-electron chi connectivity index (χ0n) is 10.5. The van der Waals surface area contributed by atoms with E-state index in [0.717, 1.165) is 5.56 Å². The second kappa shape index (κ2) is 6.70. The van der Waals surface area contributed by atoms with Crippen LogP contribution >= 0.6 is 0 Å². The van der Waals surface area contributed by atoms with E-state index in [1.165, 1.54) is 0 Å². The number of hydrogen-bond donors (Lipinski definition) is 1. The molecule has 1 N–H and O–H groups in total. The number of hydrogen-bond acceptors (Lipinski definition) is 3. The van der Waals surface area contributed by atoms with Crippen LogP contribution in [-0.2, 0) is 6.54 Å². The lowest BCUT2D eigenvalue weighted by Gasteiger charge is -2.25. The molecule has 1 aromatic rings.